The SMILES string of the molecule is CCOC(=O)C(CN1C(C)CCC1CC)NC(C)C. The van der Waals surface area contributed by atoms with E-state index in [2.05, 4.69) is 37.9 Å². The fourth-order valence-corrected chi connectivity index (χ4v) is 2.94. The van der Waals surface area contributed by atoms with E-state index in [9.17, 15) is 4.79 Å². The predicted molar refractivity (Wildman–Crippen MR) is 78.2 cm³/mol. The Bertz CT molecular complexity index is 281. The predicted octanol–water partition coefficient (Wildman–Crippen LogP) is 2.18. The highest BCUT2D eigenvalue weighted by atomic mass is 16.5. The summed E-state index contributed by atoms with van der Waals surface area (Å²) in [4.78, 5) is 14.5. The minimum absolute atomic E-state index is 0.120. The van der Waals surface area contributed by atoms with Gasteiger partial charge in [0, 0.05) is 24.7 Å². The summed E-state index contributed by atoms with van der Waals surface area (Å²) in [5, 5.41) is 3.34. The number of rotatable bonds is 7. The van der Waals surface area contributed by atoms with E-state index in [1.807, 2.05) is 6.92 Å². The molecule has 0 saturated carbocycles. The Labute approximate surface area is 117 Å². The monoisotopic (exact) mass is 270 g/mol. The van der Waals surface area contributed by atoms with Gasteiger partial charge in [-0.1, -0.05) is 20.8 Å². The number of hydrogen-bond acceptors (Lipinski definition) is 4. The van der Waals surface area contributed by atoms with Gasteiger partial charge in [0.15, 0.2) is 0 Å². The zero-order valence-corrected chi connectivity index (χ0v) is 13.1. The van der Waals surface area contributed by atoms with Crippen molar-refractivity contribution in [1.82, 2.24) is 10.2 Å². The highest BCUT2D eigenvalue weighted by Crippen LogP contribution is 2.26. The molecule has 0 spiro atoms. The standard InChI is InChI=1S/C15H30N2O2/c1-6-13-9-8-12(5)17(13)10-14(16-11(3)4)15(18)19-7-2/h11-14,16H,6-10H2,1-5H3. The van der Waals surface area contributed by atoms with Gasteiger partial charge in [-0.05, 0) is 33.1 Å². The molecule has 1 rings (SSSR count). The van der Waals surface area contributed by atoms with Crippen LogP contribution in [0.3, 0.4) is 0 Å². The molecule has 3 unspecified atom stereocenters. The van der Waals surface area contributed by atoms with Crippen molar-refractivity contribution in [1.29, 1.82) is 0 Å². The minimum Gasteiger partial charge on any atom is -0.465 e. The molecule has 3 atom stereocenters. The number of nitrogens with zero attached hydrogens (tertiary/aromatic N) is 1. The van der Waals surface area contributed by atoms with Gasteiger partial charge in [0.25, 0.3) is 0 Å². The molecule has 4 nitrogen and oxygen atoms in total. The second kappa shape index (κ2) is 7.85. The first kappa shape index (κ1) is 16.4. The maximum absolute atomic E-state index is 12.1. The molecule has 1 N–H and O–H groups in total. The summed E-state index contributed by atoms with van der Waals surface area (Å²) in [5.74, 6) is -0.120. The van der Waals surface area contributed by atoms with Gasteiger partial charge in [-0.3, -0.25) is 9.69 Å². The van der Waals surface area contributed by atoms with Crippen LogP contribution in [0, 0.1) is 0 Å². The van der Waals surface area contributed by atoms with Crippen LogP contribution < -0.4 is 5.32 Å². The molecule has 0 amide bonds. The third-order valence-corrected chi connectivity index (χ3v) is 3.92. The van der Waals surface area contributed by atoms with Crippen LogP contribution in [0.15, 0.2) is 0 Å². The van der Waals surface area contributed by atoms with Gasteiger partial charge in [0.05, 0.1) is 6.61 Å². The van der Waals surface area contributed by atoms with Crippen LogP contribution in [-0.4, -0.2) is 48.2 Å². The molecular weight excluding hydrogens is 240 g/mol. The van der Waals surface area contributed by atoms with Crippen molar-refractivity contribution in [2.24, 2.45) is 0 Å². The van der Waals surface area contributed by atoms with Crippen molar-refractivity contribution < 1.29 is 9.53 Å². The molecule has 4 heteroatoms. The van der Waals surface area contributed by atoms with E-state index in [0.717, 1.165) is 13.0 Å². The minimum atomic E-state index is -0.213. The molecule has 1 aliphatic rings. The normalized spacial score (nSPS) is 25.8. The number of likely N-dealkylation sites (tertiary alicyclic amines) is 1. The topological polar surface area (TPSA) is 41.6 Å². The van der Waals surface area contributed by atoms with E-state index in [4.69, 9.17) is 4.74 Å². The first-order valence-corrected chi connectivity index (χ1v) is 7.67. The molecule has 1 heterocycles. The number of nitrogens with one attached hydrogen (secondary N) is 1. The quantitative estimate of drug-likeness (QED) is 0.720. The lowest BCUT2D eigenvalue weighted by atomic mass is 10.1. The highest BCUT2D eigenvalue weighted by molar-refractivity contribution is 5.76. The van der Waals surface area contributed by atoms with E-state index < -0.39 is 0 Å². The Balaban J connectivity index is 2.67. The molecule has 1 aliphatic heterocycles. The molecule has 1 saturated heterocycles. The van der Waals surface area contributed by atoms with Crippen LogP contribution in [0.1, 0.15) is 53.9 Å². The lowest BCUT2D eigenvalue weighted by Crippen LogP contribution is -2.51. The van der Waals surface area contributed by atoms with Crippen molar-refractivity contribution in [3.8, 4) is 0 Å². The van der Waals surface area contributed by atoms with E-state index in [1.54, 1.807) is 0 Å². The summed E-state index contributed by atoms with van der Waals surface area (Å²) in [6, 6.07) is 1.25. The maximum Gasteiger partial charge on any atom is 0.324 e. The second-order valence-corrected chi connectivity index (χ2v) is 5.81. The van der Waals surface area contributed by atoms with Gasteiger partial charge in [0.1, 0.15) is 6.04 Å². The van der Waals surface area contributed by atoms with Gasteiger partial charge in [0.2, 0.25) is 0 Å². The van der Waals surface area contributed by atoms with Crippen molar-refractivity contribution in [3.63, 3.8) is 0 Å². The Hall–Kier alpha value is -0.610. The van der Waals surface area contributed by atoms with E-state index >= 15 is 0 Å². The van der Waals surface area contributed by atoms with Crippen LogP contribution in [0.2, 0.25) is 0 Å². The van der Waals surface area contributed by atoms with Crippen LogP contribution in [0.25, 0.3) is 0 Å². The smallest absolute Gasteiger partial charge is 0.324 e. The average molecular weight is 270 g/mol. The number of carbonyl (C=O) groups is 1. The molecule has 0 bridgehead atoms. The van der Waals surface area contributed by atoms with E-state index in [0.29, 0.717) is 18.7 Å². The van der Waals surface area contributed by atoms with Crippen LogP contribution >= 0.6 is 0 Å². The van der Waals surface area contributed by atoms with Crippen LogP contribution in [-0.2, 0) is 9.53 Å². The van der Waals surface area contributed by atoms with Gasteiger partial charge >= 0.3 is 5.97 Å². The summed E-state index contributed by atoms with van der Waals surface area (Å²) in [7, 11) is 0. The van der Waals surface area contributed by atoms with Gasteiger partial charge in [-0.25, -0.2) is 0 Å². The fourth-order valence-electron chi connectivity index (χ4n) is 2.94. The van der Waals surface area contributed by atoms with E-state index in [-0.39, 0.29) is 18.1 Å². The molecule has 0 radical (unpaired) electrons. The van der Waals surface area contributed by atoms with Gasteiger partial charge in [-0.15, -0.1) is 0 Å². The zero-order valence-electron chi connectivity index (χ0n) is 13.1. The lowest BCUT2D eigenvalue weighted by Gasteiger charge is -2.32. The average Bonchev–Trinajstić information content (AvgIpc) is 2.69. The van der Waals surface area contributed by atoms with Gasteiger partial charge in [-0.2, -0.15) is 0 Å². The summed E-state index contributed by atoms with van der Waals surface area (Å²) in [6.07, 6.45) is 3.63. The largest absolute Gasteiger partial charge is 0.465 e. The third kappa shape index (κ3) is 4.77. The summed E-state index contributed by atoms with van der Waals surface area (Å²) < 4.78 is 5.19. The first-order valence-electron chi connectivity index (χ1n) is 7.67. The van der Waals surface area contributed by atoms with Crippen molar-refractivity contribution in [2.45, 2.75) is 78.0 Å². The maximum atomic E-state index is 12.1. The Kier molecular flexibility index (Phi) is 6.80. The summed E-state index contributed by atoms with van der Waals surface area (Å²) in [6.45, 7) is 11.7. The Morgan fingerprint density at radius 3 is 2.58 bits per heavy atom. The molecule has 112 valence electrons. The highest BCUT2D eigenvalue weighted by Gasteiger charge is 2.33. The zero-order chi connectivity index (χ0) is 14.4. The number of hydrogen-bond donors (Lipinski definition) is 1. The number of ether oxygens (including phenoxy) is 1. The Morgan fingerprint density at radius 2 is 2.05 bits per heavy atom. The molecular formula is C15H30N2O2. The van der Waals surface area contributed by atoms with Crippen LogP contribution in [0.4, 0.5) is 0 Å². The fraction of sp³-hybridized carbons (Fsp3) is 0.933. The molecule has 1 fully saturated rings. The molecule has 0 aromatic heterocycles. The molecule has 0 aliphatic carbocycles. The molecule has 0 aromatic rings. The third-order valence-electron chi connectivity index (χ3n) is 3.92. The molecule has 19 heavy (non-hydrogen) atoms. The van der Waals surface area contributed by atoms with Gasteiger partial charge < -0.3 is 10.1 Å². The van der Waals surface area contributed by atoms with Crippen molar-refractivity contribution >= 4 is 5.97 Å². The van der Waals surface area contributed by atoms with Crippen molar-refractivity contribution in [2.75, 3.05) is 13.2 Å². The Morgan fingerprint density at radius 1 is 1.37 bits per heavy atom. The van der Waals surface area contributed by atoms with Crippen molar-refractivity contribution in [3.05, 3.63) is 0 Å². The lowest BCUT2D eigenvalue weighted by molar-refractivity contribution is -0.146. The summed E-state index contributed by atoms with van der Waals surface area (Å²) in [5.41, 5.74) is 0. The second-order valence-electron chi connectivity index (χ2n) is 5.81. The number of esters is 1. The molecule has 0 aromatic carbocycles. The van der Waals surface area contributed by atoms with E-state index in [1.165, 1.54) is 12.8 Å². The first-order chi connectivity index (χ1) is 8.99. The van der Waals surface area contributed by atoms with Crippen LogP contribution in [0.5, 0.6) is 0 Å². The number of carbonyl (C=O) groups excluding carboxylic acids is 1. The summed E-state index contributed by atoms with van der Waals surface area (Å²) >= 11 is 0.